The summed E-state index contributed by atoms with van der Waals surface area (Å²) < 4.78 is 0. The van der Waals surface area contributed by atoms with Gasteiger partial charge in [0.05, 0.1) is 6.20 Å². The van der Waals surface area contributed by atoms with E-state index in [1.54, 1.807) is 0 Å². The summed E-state index contributed by atoms with van der Waals surface area (Å²) >= 11 is 0. The summed E-state index contributed by atoms with van der Waals surface area (Å²) in [6, 6.07) is -0.894. The molecular weight excluding hydrogens is 120 g/mol. The summed E-state index contributed by atoms with van der Waals surface area (Å²) in [4.78, 5) is 20.5. The molecule has 0 saturated carbocycles. The number of ketones is 1. The summed E-state index contributed by atoms with van der Waals surface area (Å²) in [6.45, 7) is 0. The highest BCUT2D eigenvalue weighted by molar-refractivity contribution is 6.04. The molecule has 9 heavy (non-hydrogen) atoms. The van der Waals surface area contributed by atoms with Crippen LogP contribution in [0.2, 0.25) is 0 Å². The van der Waals surface area contributed by atoms with Gasteiger partial charge in [0, 0.05) is 6.08 Å². The molecule has 0 aromatic carbocycles. The van der Waals surface area contributed by atoms with E-state index in [-0.39, 0.29) is 5.78 Å². The third-order valence-corrected chi connectivity index (χ3v) is 0.917. The van der Waals surface area contributed by atoms with Gasteiger partial charge in [-0.3, -0.25) is 4.79 Å². The van der Waals surface area contributed by atoms with Crippen LogP contribution >= 0.6 is 0 Å². The molecule has 0 spiro atoms. The number of azo groups is 1. The van der Waals surface area contributed by atoms with Crippen molar-refractivity contribution in [1.82, 2.24) is 0 Å². The summed E-state index contributed by atoms with van der Waals surface area (Å²) in [5, 5.41) is 6.72. The first-order chi connectivity index (χ1) is 4.34. The van der Waals surface area contributed by atoms with E-state index in [0.717, 1.165) is 0 Å². The average molecular weight is 124 g/mol. The van der Waals surface area contributed by atoms with Crippen molar-refractivity contribution < 1.29 is 9.59 Å². The maximum Gasteiger partial charge on any atom is 0.190 e. The molecule has 1 unspecified atom stereocenters. The van der Waals surface area contributed by atoms with Gasteiger partial charge in [-0.25, -0.2) is 0 Å². The Morgan fingerprint density at radius 3 is 2.89 bits per heavy atom. The van der Waals surface area contributed by atoms with Gasteiger partial charge in [0.1, 0.15) is 0 Å². The predicted octanol–water partition coefficient (Wildman–Crippen LogP) is 0.102. The van der Waals surface area contributed by atoms with Crippen LogP contribution in [0.15, 0.2) is 22.5 Å². The minimum atomic E-state index is -0.894. The molecule has 0 aromatic heterocycles. The van der Waals surface area contributed by atoms with Crippen molar-refractivity contribution >= 4 is 12.1 Å². The normalized spacial score (nSPS) is 24.4. The van der Waals surface area contributed by atoms with E-state index in [1.165, 1.54) is 12.3 Å². The first-order valence-electron chi connectivity index (χ1n) is 2.40. The Bertz CT molecular complexity index is 195. The van der Waals surface area contributed by atoms with Crippen LogP contribution in [0, 0.1) is 0 Å². The zero-order valence-electron chi connectivity index (χ0n) is 4.52. The third kappa shape index (κ3) is 1.07. The lowest BCUT2D eigenvalue weighted by Gasteiger charge is -1.98. The molecule has 0 aromatic rings. The van der Waals surface area contributed by atoms with Crippen LogP contribution in [0.1, 0.15) is 0 Å². The quantitative estimate of drug-likeness (QED) is 0.367. The van der Waals surface area contributed by atoms with Gasteiger partial charge in [0.25, 0.3) is 0 Å². The number of carbonyl (C=O) groups excluding carboxylic acids is 2. The van der Waals surface area contributed by atoms with Crippen LogP contribution in [-0.4, -0.2) is 18.1 Å². The highest BCUT2D eigenvalue weighted by Gasteiger charge is 2.14. The lowest BCUT2D eigenvalue weighted by atomic mass is 10.2. The maximum atomic E-state index is 10.6. The molecule has 1 atom stereocenters. The Balaban J connectivity index is 2.77. The minimum Gasteiger partial charge on any atom is -0.300 e. The van der Waals surface area contributed by atoms with Gasteiger partial charge in [-0.2, -0.15) is 10.2 Å². The molecule has 0 saturated heterocycles. The topological polar surface area (TPSA) is 58.9 Å². The van der Waals surface area contributed by atoms with Crippen LogP contribution in [0.4, 0.5) is 0 Å². The lowest BCUT2D eigenvalue weighted by molar-refractivity contribution is -0.120. The molecule has 0 fully saturated rings. The van der Waals surface area contributed by atoms with Crippen LogP contribution in [-0.2, 0) is 9.59 Å². The Kier molecular flexibility index (Phi) is 1.48. The lowest BCUT2D eigenvalue weighted by Crippen LogP contribution is -2.18. The number of nitrogens with zero attached hydrogens (tertiary/aromatic N) is 2. The van der Waals surface area contributed by atoms with Crippen molar-refractivity contribution in [2.45, 2.75) is 6.04 Å². The molecule has 0 radical (unpaired) electrons. The third-order valence-electron chi connectivity index (χ3n) is 0.917. The van der Waals surface area contributed by atoms with E-state index < -0.39 is 6.04 Å². The maximum absolute atomic E-state index is 10.6. The fraction of sp³-hybridized carbons (Fsp3) is 0.200. The first-order valence-corrected chi connectivity index (χ1v) is 2.40. The molecule has 4 nitrogen and oxygen atoms in total. The summed E-state index contributed by atoms with van der Waals surface area (Å²) in [7, 11) is 0. The van der Waals surface area contributed by atoms with Crippen molar-refractivity contribution in [3.8, 4) is 0 Å². The zero-order valence-corrected chi connectivity index (χ0v) is 4.52. The van der Waals surface area contributed by atoms with Crippen molar-refractivity contribution in [2.75, 3.05) is 0 Å². The average Bonchev–Trinajstić information content (AvgIpc) is 1.89. The van der Waals surface area contributed by atoms with Crippen LogP contribution in [0.5, 0.6) is 0 Å². The Hall–Kier alpha value is -1.32. The van der Waals surface area contributed by atoms with Gasteiger partial charge in [-0.1, -0.05) is 0 Å². The minimum absolute atomic E-state index is 0.306. The number of hydrogen-bond acceptors (Lipinski definition) is 4. The Morgan fingerprint density at radius 2 is 2.44 bits per heavy atom. The molecule has 1 rings (SSSR count). The van der Waals surface area contributed by atoms with Gasteiger partial charge in [0.15, 0.2) is 18.1 Å². The van der Waals surface area contributed by atoms with E-state index in [1.807, 2.05) is 0 Å². The van der Waals surface area contributed by atoms with E-state index in [2.05, 4.69) is 10.2 Å². The highest BCUT2D eigenvalue weighted by atomic mass is 16.1. The smallest absolute Gasteiger partial charge is 0.190 e. The second-order valence-electron chi connectivity index (χ2n) is 1.53. The summed E-state index contributed by atoms with van der Waals surface area (Å²) in [5.74, 6) is -0.306. The first kappa shape index (κ1) is 5.81. The molecular formula is C5H4N2O2. The van der Waals surface area contributed by atoms with Crippen LogP contribution < -0.4 is 0 Å². The molecule has 0 amide bonds. The number of aldehydes is 1. The zero-order chi connectivity index (χ0) is 6.69. The van der Waals surface area contributed by atoms with Crippen molar-refractivity contribution in [2.24, 2.45) is 10.2 Å². The molecule has 0 aliphatic carbocycles. The van der Waals surface area contributed by atoms with Gasteiger partial charge >= 0.3 is 0 Å². The Morgan fingerprint density at radius 1 is 1.67 bits per heavy atom. The van der Waals surface area contributed by atoms with E-state index in [4.69, 9.17) is 0 Å². The predicted molar refractivity (Wildman–Crippen MR) is 28.9 cm³/mol. The Labute approximate surface area is 51.3 Å². The second kappa shape index (κ2) is 2.30. The van der Waals surface area contributed by atoms with Crippen molar-refractivity contribution in [3.63, 3.8) is 0 Å². The molecule has 4 heteroatoms. The monoisotopic (exact) mass is 124 g/mol. The molecule has 46 valence electrons. The second-order valence-corrected chi connectivity index (χ2v) is 1.53. The van der Waals surface area contributed by atoms with E-state index in [9.17, 15) is 9.59 Å². The van der Waals surface area contributed by atoms with E-state index >= 15 is 0 Å². The molecule has 1 aliphatic rings. The fourth-order valence-electron chi connectivity index (χ4n) is 0.467. The summed E-state index contributed by atoms with van der Waals surface area (Å²) in [5.41, 5.74) is 0. The number of carbonyl (C=O) groups is 2. The molecule has 0 N–H and O–H groups in total. The molecule has 1 aliphatic heterocycles. The van der Waals surface area contributed by atoms with Gasteiger partial charge in [-0.15, -0.1) is 0 Å². The van der Waals surface area contributed by atoms with Gasteiger partial charge < -0.3 is 4.79 Å². The fourth-order valence-corrected chi connectivity index (χ4v) is 0.467. The molecule has 0 bridgehead atoms. The van der Waals surface area contributed by atoms with Gasteiger partial charge in [0.2, 0.25) is 0 Å². The SMILES string of the molecule is O=CC1N=NC=CC1=O. The highest BCUT2D eigenvalue weighted by Crippen LogP contribution is 1.98. The molecule has 1 heterocycles. The van der Waals surface area contributed by atoms with Gasteiger partial charge in [-0.05, 0) is 0 Å². The standard InChI is InChI=1S/C5H4N2O2/c8-3-4-5(9)1-2-6-7-4/h1-4H. The van der Waals surface area contributed by atoms with Crippen molar-refractivity contribution in [3.05, 3.63) is 12.3 Å². The number of hydrogen-bond donors (Lipinski definition) is 0. The summed E-state index contributed by atoms with van der Waals surface area (Å²) in [6.07, 6.45) is 2.96. The van der Waals surface area contributed by atoms with Crippen molar-refractivity contribution in [1.29, 1.82) is 0 Å². The largest absolute Gasteiger partial charge is 0.300 e. The number of rotatable bonds is 1. The van der Waals surface area contributed by atoms with E-state index in [0.29, 0.717) is 6.29 Å². The van der Waals surface area contributed by atoms with Crippen LogP contribution in [0.3, 0.4) is 0 Å². The van der Waals surface area contributed by atoms with Crippen LogP contribution in [0.25, 0.3) is 0 Å².